The number of carbonyl (C=O) groups is 5. The number of nitrogens with two attached hydrogens (primary N) is 1. The molecule has 0 spiro atoms. The maximum atomic E-state index is 13.0. The lowest BCUT2D eigenvalue weighted by Crippen LogP contribution is -2.58. The summed E-state index contributed by atoms with van der Waals surface area (Å²) in [7, 11) is 0. The first-order valence-corrected chi connectivity index (χ1v) is 11.2. The van der Waals surface area contributed by atoms with Crippen molar-refractivity contribution in [3.8, 4) is 5.75 Å². The molecule has 0 saturated carbocycles. The van der Waals surface area contributed by atoms with Crippen LogP contribution in [0.3, 0.4) is 0 Å². The van der Waals surface area contributed by atoms with E-state index in [9.17, 15) is 29.1 Å². The van der Waals surface area contributed by atoms with Crippen molar-refractivity contribution in [1.29, 1.82) is 0 Å². The van der Waals surface area contributed by atoms with E-state index in [0.717, 1.165) is 0 Å². The molecule has 1 aromatic carbocycles. The fourth-order valence-corrected chi connectivity index (χ4v) is 3.04. The number of phenolic OH excluding ortho intramolecular Hbond substituents is 1. The van der Waals surface area contributed by atoms with Gasteiger partial charge in [-0.05, 0) is 37.0 Å². The SMILES string of the molecule is CCC(C)C(N)C(=O)NC(CCC(=O)O)C(=O)NC(Cc1ccc(O)cc1)C(=O)NC(C)C(=O)O. The maximum Gasteiger partial charge on any atom is 0.325 e. The second kappa shape index (κ2) is 13.9. The molecule has 0 aromatic heterocycles. The second-order valence-corrected chi connectivity index (χ2v) is 8.41. The molecule has 0 saturated heterocycles. The first-order chi connectivity index (χ1) is 16.3. The predicted octanol–water partition coefficient (Wildman–Crippen LogP) is -0.268. The number of carbonyl (C=O) groups excluding carboxylic acids is 3. The quantitative estimate of drug-likeness (QED) is 0.181. The van der Waals surface area contributed by atoms with E-state index >= 15 is 0 Å². The van der Waals surface area contributed by atoms with E-state index in [1.165, 1.54) is 31.2 Å². The Morgan fingerprint density at radius 1 is 0.886 bits per heavy atom. The van der Waals surface area contributed by atoms with Crippen LogP contribution in [-0.4, -0.2) is 69.1 Å². The normalized spacial score (nSPS) is 15.1. The summed E-state index contributed by atoms with van der Waals surface area (Å²) >= 11 is 0. The number of aromatic hydroxyl groups is 1. The van der Waals surface area contributed by atoms with Gasteiger partial charge in [0.05, 0.1) is 6.04 Å². The predicted molar refractivity (Wildman–Crippen MR) is 125 cm³/mol. The van der Waals surface area contributed by atoms with Crippen LogP contribution in [0.25, 0.3) is 0 Å². The zero-order valence-electron chi connectivity index (χ0n) is 20.0. The Hall–Kier alpha value is -3.67. The highest BCUT2D eigenvalue weighted by molar-refractivity contribution is 5.94. The molecule has 0 radical (unpaired) electrons. The lowest BCUT2D eigenvalue weighted by Gasteiger charge is -2.25. The number of hydrogen-bond acceptors (Lipinski definition) is 7. The maximum absolute atomic E-state index is 13.0. The third-order valence-corrected chi connectivity index (χ3v) is 5.58. The van der Waals surface area contributed by atoms with E-state index in [1.807, 2.05) is 6.92 Å². The molecule has 194 valence electrons. The molecule has 8 N–H and O–H groups in total. The van der Waals surface area contributed by atoms with E-state index in [0.29, 0.717) is 12.0 Å². The van der Waals surface area contributed by atoms with Crippen LogP contribution in [0.2, 0.25) is 0 Å². The minimum absolute atomic E-state index is 0.00706. The van der Waals surface area contributed by atoms with Gasteiger partial charge >= 0.3 is 11.9 Å². The molecule has 0 fully saturated rings. The zero-order chi connectivity index (χ0) is 26.7. The highest BCUT2D eigenvalue weighted by Gasteiger charge is 2.30. The summed E-state index contributed by atoms with van der Waals surface area (Å²) in [6, 6.07) is 1.12. The first-order valence-electron chi connectivity index (χ1n) is 11.2. The van der Waals surface area contributed by atoms with Crippen LogP contribution in [0.4, 0.5) is 0 Å². The van der Waals surface area contributed by atoms with Gasteiger partial charge in [-0.1, -0.05) is 32.4 Å². The average molecular weight is 495 g/mol. The summed E-state index contributed by atoms with van der Waals surface area (Å²) in [6.07, 6.45) is -0.131. The van der Waals surface area contributed by atoms with Gasteiger partial charge in [0.1, 0.15) is 23.9 Å². The number of nitrogens with one attached hydrogen (secondary N) is 3. The van der Waals surface area contributed by atoms with Crippen molar-refractivity contribution in [3.05, 3.63) is 29.8 Å². The van der Waals surface area contributed by atoms with Crippen LogP contribution in [0.5, 0.6) is 5.75 Å². The van der Waals surface area contributed by atoms with Crippen LogP contribution < -0.4 is 21.7 Å². The molecule has 3 amide bonds. The van der Waals surface area contributed by atoms with Crippen LogP contribution in [0.1, 0.15) is 45.6 Å². The van der Waals surface area contributed by atoms with Gasteiger partial charge < -0.3 is 37.0 Å². The number of amides is 3. The number of hydrogen-bond donors (Lipinski definition) is 7. The van der Waals surface area contributed by atoms with Gasteiger partial charge in [0.15, 0.2) is 0 Å². The molecule has 0 aliphatic rings. The molecule has 5 atom stereocenters. The van der Waals surface area contributed by atoms with Gasteiger partial charge in [-0.15, -0.1) is 0 Å². The fourth-order valence-electron chi connectivity index (χ4n) is 3.04. The van der Waals surface area contributed by atoms with E-state index in [1.54, 1.807) is 6.92 Å². The van der Waals surface area contributed by atoms with Crippen molar-refractivity contribution >= 4 is 29.7 Å². The summed E-state index contributed by atoms with van der Waals surface area (Å²) in [5.41, 5.74) is 6.47. The Morgan fingerprint density at radius 2 is 1.43 bits per heavy atom. The molecule has 0 aliphatic carbocycles. The number of benzene rings is 1. The van der Waals surface area contributed by atoms with E-state index in [2.05, 4.69) is 16.0 Å². The highest BCUT2D eigenvalue weighted by atomic mass is 16.4. The Morgan fingerprint density at radius 3 is 1.94 bits per heavy atom. The van der Waals surface area contributed by atoms with Crippen molar-refractivity contribution in [2.45, 2.75) is 70.6 Å². The van der Waals surface area contributed by atoms with E-state index in [-0.39, 0.29) is 24.5 Å². The smallest absolute Gasteiger partial charge is 0.325 e. The average Bonchev–Trinajstić information content (AvgIpc) is 2.80. The topological polar surface area (TPSA) is 208 Å². The van der Waals surface area contributed by atoms with E-state index < -0.39 is 60.2 Å². The van der Waals surface area contributed by atoms with Gasteiger partial charge in [0, 0.05) is 12.8 Å². The standard InChI is InChI=1S/C23H34N4O8/c1-4-12(2)19(24)22(33)26-16(9-10-18(29)30)20(31)27-17(21(32)25-13(3)23(34)35)11-14-5-7-15(28)8-6-14/h5-8,12-13,16-17,19,28H,4,9-11,24H2,1-3H3,(H,25,32)(H,26,33)(H,27,31)(H,29,30)(H,34,35). The fraction of sp³-hybridized carbons (Fsp3) is 0.522. The van der Waals surface area contributed by atoms with Crippen molar-refractivity contribution in [3.63, 3.8) is 0 Å². The molecule has 0 bridgehead atoms. The van der Waals surface area contributed by atoms with Crippen LogP contribution in [-0.2, 0) is 30.4 Å². The van der Waals surface area contributed by atoms with Gasteiger partial charge in [0.2, 0.25) is 17.7 Å². The van der Waals surface area contributed by atoms with Crippen molar-refractivity contribution in [2.75, 3.05) is 0 Å². The molecule has 1 rings (SSSR count). The molecule has 0 heterocycles. The molecule has 12 heteroatoms. The first kappa shape index (κ1) is 29.4. The van der Waals surface area contributed by atoms with Crippen molar-refractivity contribution in [2.24, 2.45) is 11.7 Å². The summed E-state index contributed by atoms with van der Waals surface area (Å²) < 4.78 is 0. The van der Waals surface area contributed by atoms with Crippen LogP contribution in [0, 0.1) is 5.92 Å². The number of rotatable bonds is 14. The number of phenols is 1. The van der Waals surface area contributed by atoms with E-state index in [4.69, 9.17) is 15.9 Å². The van der Waals surface area contributed by atoms with Gasteiger partial charge in [0.25, 0.3) is 0 Å². The van der Waals surface area contributed by atoms with Gasteiger partial charge in [-0.25, -0.2) is 0 Å². The third kappa shape index (κ3) is 10.0. The molecule has 5 unspecified atom stereocenters. The summed E-state index contributed by atoms with van der Waals surface area (Å²) in [5, 5.41) is 34.8. The minimum Gasteiger partial charge on any atom is -0.508 e. The van der Waals surface area contributed by atoms with Crippen molar-refractivity contribution in [1.82, 2.24) is 16.0 Å². The zero-order valence-corrected chi connectivity index (χ0v) is 20.0. The lowest BCUT2D eigenvalue weighted by molar-refractivity contribution is -0.141. The third-order valence-electron chi connectivity index (χ3n) is 5.58. The summed E-state index contributed by atoms with van der Waals surface area (Å²) in [4.78, 5) is 60.6. The van der Waals surface area contributed by atoms with Gasteiger partial charge in [-0.2, -0.15) is 0 Å². The highest BCUT2D eigenvalue weighted by Crippen LogP contribution is 2.12. The molecule has 0 aliphatic heterocycles. The summed E-state index contributed by atoms with van der Waals surface area (Å²) in [5.74, 6) is -4.91. The van der Waals surface area contributed by atoms with Crippen molar-refractivity contribution < 1.29 is 39.3 Å². The molecule has 35 heavy (non-hydrogen) atoms. The Balaban J connectivity index is 3.12. The number of carboxylic acid groups (broad SMARTS) is 2. The van der Waals surface area contributed by atoms with Gasteiger partial charge in [-0.3, -0.25) is 24.0 Å². The van der Waals surface area contributed by atoms with Crippen LogP contribution >= 0.6 is 0 Å². The lowest BCUT2D eigenvalue weighted by atomic mass is 9.98. The molecular formula is C23H34N4O8. The monoisotopic (exact) mass is 494 g/mol. The summed E-state index contributed by atoms with van der Waals surface area (Å²) in [6.45, 7) is 4.86. The molecule has 12 nitrogen and oxygen atoms in total. The van der Waals surface area contributed by atoms with Crippen LogP contribution in [0.15, 0.2) is 24.3 Å². The largest absolute Gasteiger partial charge is 0.508 e. The minimum atomic E-state index is -1.29. The number of aliphatic carboxylic acids is 2. The Bertz CT molecular complexity index is 905. The number of carboxylic acids is 2. The molecular weight excluding hydrogens is 460 g/mol. The second-order valence-electron chi connectivity index (χ2n) is 8.41. The molecule has 1 aromatic rings. The Labute approximate surface area is 203 Å². The Kier molecular flexibility index (Phi) is 11.7.